The molecule has 13 amide bonds. The van der Waals surface area contributed by atoms with Crippen LogP contribution >= 0.6 is 0 Å². The van der Waals surface area contributed by atoms with Crippen molar-refractivity contribution in [3.05, 3.63) is 96.0 Å². The first-order chi connectivity index (χ1) is 44.5. The Bertz CT molecular complexity index is 2620. The van der Waals surface area contributed by atoms with Gasteiger partial charge in [-0.05, 0) is 63.6 Å². The fourth-order valence-corrected chi connectivity index (χ4v) is 7.45. The maximum absolute atomic E-state index is 11.6. The van der Waals surface area contributed by atoms with E-state index in [1.54, 1.807) is 0 Å². The van der Waals surface area contributed by atoms with Crippen LogP contribution < -0.4 is 28.3 Å². The van der Waals surface area contributed by atoms with E-state index in [2.05, 4.69) is 21.9 Å². The highest BCUT2D eigenvalue weighted by Crippen LogP contribution is 2.10. The average molecular weight is 1310 g/mol. The molecule has 0 atom stereocenters. The number of nitrogens with zero attached hydrogens (tertiary/aromatic N) is 9. The highest BCUT2D eigenvalue weighted by Gasteiger charge is 2.26. The molecule has 34 nitrogen and oxygen atoms in total. The number of hydrogen-bond acceptors (Lipinski definition) is 23. The standard InChI is InChI=1S/C14H21N5O5.C10H13NO4.C9H14N2O2.C8H12N2O3.C8H12N2O2.C6H8N2O2.C4H6O2/c15-18-17-6-9-24-11-10-23-8-5-16-12(20)2-1-7-19-13(21)3-4-14(19)22;12-8-5-6-9(13)11(8)7-3-1-2-4-10(14)15;10-6-2-1-3-7-11-8(12)4-5-9(11)13;9-3-5-13-6-4-10-7(11)1-2-8(10)12;9-5-1-2-6-10-7(11)3-4-8(10)12;7-3-4-8-5(9)1-2-6(8)10;1-2-3-4(5)6/h3-4H,1-2,5-11H2,(H,16,20);5-6H,1-4,7H2,(H,14,15);4-5H,1-3,6-7,10H2;1-2H,3-6,9H2;3-4H,1-2,5-6,9H2;1-2H,3-4,7H2;2H,1,3H2,(H,5,6). The van der Waals surface area contributed by atoms with E-state index in [1.807, 2.05) is 0 Å². The lowest BCUT2D eigenvalue weighted by Gasteiger charge is -2.13. The summed E-state index contributed by atoms with van der Waals surface area (Å²) in [6.07, 6.45) is 23.7. The van der Waals surface area contributed by atoms with Crippen molar-refractivity contribution in [1.82, 2.24) is 34.7 Å². The molecule has 0 aromatic heterocycles. The van der Waals surface area contributed by atoms with E-state index in [4.69, 9.17) is 52.9 Å². The van der Waals surface area contributed by atoms with Crippen molar-refractivity contribution in [3.8, 4) is 0 Å². The number of carboxylic acids is 2. The maximum atomic E-state index is 11.6. The lowest BCUT2D eigenvalue weighted by Crippen LogP contribution is -2.34. The number of rotatable bonds is 37. The molecule has 11 N–H and O–H groups in total. The number of nitrogens with one attached hydrogen (secondary N) is 1. The van der Waals surface area contributed by atoms with Gasteiger partial charge in [-0.25, -0.2) is 0 Å². The number of imide groups is 6. The van der Waals surface area contributed by atoms with Crippen LogP contribution in [0.1, 0.15) is 77.0 Å². The third-order valence-corrected chi connectivity index (χ3v) is 12.1. The first-order valence-corrected chi connectivity index (χ1v) is 29.6. The van der Waals surface area contributed by atoms with Crippen LogP contribution in [-0.4, -0.2) is 247 Å². The summed E-state index contributed by atoms with van der Waals surface area (Å²) in [4.78, 5) is 173. The van der Waals surface area contributed by atoms with Gasteiger partial charge in [-0.15, -0.1) is 6.58 Å². The van der Waals surface area contributed by atoms with Crippen LogP contribution in [0, 0.1) is 0 Å². The minimum absolute atomic E-state index is 0.0556. The van der Waals surface area contributed by atoms with E-state index in [0.29, 0.717) is 131 Å². The second-order valence-electron chi connectivity index (χ2n) is 19.2. The van der Waals surface area contributed by atoms with Gasteiger partial charge in [0.2, 0.25) is 5.91 Å². The summed E-state index contributed by atoms with van der Waals surface area (Å²) in [5.74, 6) is -4.94. The van der Waals surface area contributed by atoms with Crippen molar-refractivity contribution in [1.29, 1.82) is 0 Å². The second kappa shape index (κ2) is 52.1. The molecule has 6 heterocycles. The van der Waals surface area contributed by atoms with Crippen molar-refractivity contribution in [3.63, 3.8) is 0 Å². The average Bonchev–Trinajstić information content (AvgIpc) is 2.59. The molecule has 0 unspecified atom stereocenters. The second-order valence-corrected chi connectivity index (χ2v) is 19.2. The third-order valence-electron chi connectivity index (χ3n) is 12.1. The first-order valence-electron chi connectivity index (χ1n) is 29.6. The molecule has 512 valence electrons. The number of nitrogens with two attached hydrogens (primary N) is 4. The summed E-state index contributed by atoms with van der Waals surface area (Å²) < 4.78 is 15.4. The number of azide groups is 1. The van der Waals surface area contributed by atoms with E-state index in [1.165, 1.54) is 93.7 Å². The van der Waals surface area contributed by atoms with Gasteiger partial charge in [0, 0.05) is 150 Å². The van der Waals surface area contributed by atoms with Crippen LogP contribution in [-0.2, 0) is 86.1 Å². The van der Waals surface area contributed by atoms with Crippen LogP contribution in [0.5, 0.6) is 0 Å². The quantitative estimate of drug-likeness (QED) is 0.00959. The number of amides is 13. The SMILES string of the molecule is C=CCC(=O)O.NCCCCCN1C(=O)C=CC1=O.NCCCCN1C(=O)C=CC1=O.NCCN1C(=O)C=CC1=O.NCCOCCN1C(=O)C=CC1=O.O=C(O)CCCCCN1C(=O)C=CC1=O.[N-]=[N+]=NCCOCCOCCNC(=O)CCCN1C(=O)C=CC1=O. The topological polar surface area (TPSA) is 509 Å². The minimum Gasteiger partial charge on any atom is -0.481 e. The molecule has 0 saturated heterocycles. The smallest absolute Gasteiger partial charge is 0.307 e. The van der Waals surface area contributed by atoms with Crippen molar-refractivity contribution >= 4 is 88.7 Å². The number of carboxylic acid groups (broad SMARTS) is 2. The van der Waals surface area contributed by atoms with Crippen molar-refractivity contribution < 1.29 is 96.3 Å². The van der Waals surface area contributed by atoms with Crippen LogP contribution in [0.4, 0.5) is 0 Å². The molecule has 0 saturated carbocycles. The van der Waals surface area contributed by atoms with Crippen LogP contribution in [0.15, 0.2) is 90.7 Å². The summed E-state index contributed by atoms with van der Waals surface area (Å²) in [5.41, 5.74) is 29.0. The molecular weight excluding hydrogens is 1220 g/mol. The van der Waals surface area contributed by atoms with Gasteiger partial charge in [0.15, 0.2) is 0 Å². The van der Waals surface area contributed by atoms with E-state index >= 15 is 0 Å². The lowest BCUT2D eigenvalue weighted by atomic mass is 10.2. The molecule has 34 heteroatoms. The Balaban J connectivity index is 0.00000110. The van der Waals surface area contributed by atoms with Crippen LogP contribution in [0.25, 0.3) is 10.4 Å². The highest BCUT2D eigenvalue weighted by atomic mass is 16.5. The van der Waals surface area contributed by atoms with Gasteiger partial charge in [0.25, 0.3) is 70.9 Å². The fourth-order valence-electron chi connectivity index (χ4n) is 7.45. The summed E-state index contributed by atoms with van der Waals surface area (Å²) in [6, 6.07) is 0. The van der Waals surface area contributed by atoms with Crippen molar-refractivity contribution in [2.45, 2.75) is 77.0 Å². The van der Waals surface area contributed by atoms with Crippen LogP contribution in [0.2, 0.25) is 0 Å². The molecule has 6 aliphatic heterocycles. The van der Waals surface area contributed by atoms with Gasteiger partial charge in [-0.2, -0.15) is 0 Å². The van der Waals surface area contributed by atoms with Gasteiger partial charge in [0.05, 0.1) is 52.6 Å². The number of hydrogen-bond donors (Lipinski definition) is 7. The van der Waals surface area contributed by atoms with Crippen molar-refractivity contribution in [2.24, 2.45) is 28.0 Å². The van der Waals surface area contributed by atoms with Crippen LogP contribution in [0.3, 0.4) is 0 Å². The van der Waals surface area contributed by atoms with Gasteiger partial charge in [0.1, 0.15) is 0 Å². The number of ether oxygens (including phenoxy) is 3. The molecule has 0 aromatic rings. The summed E-state index contributed by atoms with van der Waals surface area (Å²) in [5, 5.41) is 22.2. The summed E-state index contributed by atoms with van der Waals surface area (Å²) >= 11 is 0. The number of carbonyl (C=O) groups is 15. The molecule has 0 radical (unpaired) electrons. The number of carbonyl (C=O) groups excluding carboxylic acids is 13. The van der Waals surface area contributed by atoms with Crippen molar-refractivity contribution in [2.75, 3.05) is 118 Å². The molecule has 93 heavy (non-hydrogen) atoms. The Hall–Kier alpha value is -9.54. The minimum atomic E-state index is -0.829. The van der Waals surface area contributed by atoms with Gasteiger partial charge in [-0.3, -0.25) is 101 Å². The molecule has 6 aliphatic rings. The van der Waals surface area contributed by atoms with Gasteiger partial charge >= 0.3 is 11.9 Å². The first kappa shape index (κ1) is 83.5. The van der Waals surface area contributed by atoms with E-state index in [0.717, 1.165) is 46.8 Å². The van der Waals surface area contributed by atoms with E-state index in [-0.39, 0.29) is 109 Å². The monoisotopic (exact) mass is 1310 g/mol. The highest BCUT2D eigenvalue weighted by molar-refractivity contribution is 6.15. The predicted molar refractivity (Wildman–Crippen MR) is 332 cm³/mol. The number of unbranched alkanes of at least 4 members (excludes halogenated alkanes) is 5. The maximum Gasteiger partial charge on any atom is 0.307 e. The Morgan fingerprint density at radius 2 is 0.763 bits per heavy atom. The molecular formula is C59H86N14O20. The largest absolute Gasteiger partial charge is 0.481 e. The predicted octanol–water partition coefficient (Wildman–Crippen LogP) is -1.20. The van der Waals surface area contributed by atoms with E-state index in [9.17, 15) is 71.9 Å². The molecule has 6 rings (SSSR count). The Kier molecular flexibility index (Phi) is 46.8. The normalized spacial score (nSPS) is 14.7. The molecule has 0 bridgehead atoms. The lowest BCUT2D eigenvalue weighted by molar-refractivity contribution is -0.139. The van der Waals surface area contributed by atoms with E-state index < -0.39 is 11.9 Å². The molecule has 0 aliphatic carbocycles. The number of aliphatic carboxylic acids is 2. The zero-order chi connectivity index (χ0) is 69.8. The fraction of sp³-hybridized carbons (Fsp3) is 0.508. The molecule has 0 fully saturated rings. The summed E-state index contributed by atoms with van der Waals surface area (Å²) in [7, 11) is 0. The zero-order valence-electron chi connectivity index (χ0n) is 52.0. The molecule has 0 aromatic carbocycles. The Morgan fingerprint density at radius 1 is 0.419 bits per heavy atom. The molecule has 0 spiro atoms. The summed E-state index contributed by atoms with van der Waals surface area (Å²) in [6.45, 7) is 10.4. The van der Waals surface area contributed by atoms with Gasteiger partial charge < -0.3 is 52.7 Å². The zero-order valence-corrected chi connectivity index (χ0v) is 52.0. The van der Waals surface area contributed by atoms with Gasteiger partial charge in [-0.1, -0.05) is 24.0 Å². The Labute approximate surface area is 537 Å². The third kappa shape index (κ3) is 38.7. The Morgan fingerprint density at radius 3 is 1.11 bits per heavy atom.